The molecule has 0 aromatic heterocycles. The van der Waals surface area contributed by atoms with Crippen LogP contribution in [-0.2, 0) is 25.1 Å². The molecule has 2 fully saturated rings. The van der Waals surface area contributed by atoms with Crippen LogP contribution >= 0.6 is 0 Å². The van der Waals surface area contributed by atoms with Gasteiger partial charge in [0, 0.05) is 6.04 Å². The molecule has 0 radical (unpaired) electrons. The maximum absolute atomic E-state index is 13.2. The highest BCUT2D eigenvalue weighted by atomic mass is 32.2. The van der Waals surface area contributed by atoms with E-state index in [0.29, 0.717) is 0 Å². The van der Waals surface area contributed by atoms with E-state index in [1.54, 1.807) is 12.1 Å². The van der Waals surface area contributed by atoms with Gasteiger partial charge in [-0.1, -0.05) is 32.9 Å². The first kappa shape index (κ1) is 18.9. The van der Waals surface area contributed by atoms with Gasteiger partial charge in [0.25, 0.3) is 0 Å². The fourth-order valence-electron chi connectivity index (χ4n) is 3.83. The van der Waals surface area contributed by atoms with Crippen LogP contribution in [0.25, 0.3) is 0 Å². The topological polar surface area (TPSA) is 71.5 Å². The van der Waals surface area contributed by atoms with Crippen LogP contribution in [0.4, 0.5) is 0 Å². The first-order chi connectivity index (χ1) is 11.5. The minimum atomic E-state index is -3.68. The van der Waals surface area contributed by atoms with Gasteiger partial charge in [-0.05, 0) is 49.0 Å². The number of sulfone groups is 2. The number of likely N-dealkylation sites (tertiary alicyclic amines) is 1. The molecule has 0 aliphatic carbocycles. The summed E-state index contributed by atoms with van der Waals surface area (Å²) >= 11 is 0. The quantitative estimate of drug-likeness (QED) is 0.796. The first-order valence-electron chi connectivity index (χ1n) is 8.80. The summed E-state index contributed by atoms with van der Waals surface area (Å²) in [5.74, 6) is -0.311. The van der Waals surface area contributed by atoms with Crippen LogP contribution in [0.1, 0.15) is 39.2 Å². The Morgan fingerprint density at radius 1 is 1.00 bits per heavy atom. The summed E-state index contributed by atoms with van der Waals surface area (Å²) < 4.78 is 50.7. The SMILES string of the molecule is CC(C)(C)c1ccc(S(=O)(=O)[C@H]2CS(=O)(=O)C[C@@H]2N2CCCC2)cc1. The van der Waals surface area contributed by atoms with Crippen LogP contribution in [0.3, 0.4) is 0 Å². The Morgan fingerprint density at radius 2 is 1.56 bits per heavy atom. The van der Waals surface area contributed by atoms with E-state index in [9.17, 15) is 16.8 Å². The smallest absolute Gasteiger partial charge is 0.183 e. The normalized spacial score (nSPS) is 27.6. The third kappa shape index (κ3) is 3.78. The number of benzene rings is 1. The van der Waals surface area contributed by atoms with Gasteiger partial charge >= 0.3 is 0 Å². The molecule has 2 saturated heterocycles. The van der Waals surface area contributed by atoms with E-state index in [0.717, 1.165) is 31.5 Å². The van der Waals surface area contributed by atoms with Gasteiger partial charge in [0.05, 0.1) is 21.7 Å². The summed E-state index contributed by atoms with van der Waals surface area (Å²) in [7, 11) is -7.00. The van der Waals surface area contributed by atoms with Crippen LogP contribution in [0, 0.1) is 0 Å². The lowest BCUT2D eigenvalue weighted by atomic mass is 9.87. The number of hydrogen-bond acceptors (Lipinski definition) is 5. The summed E-state index contributed by atoms with van der Waals surface area (Å²) in [5.41, 5.74) is 0.999. The zero-order chi connectivity index (χ0) is 18.5. The molecule has 0 unspecified atom stereocenters. The van der Waals surface area contributed by atoms with Gasteiger partial charge in [0.15, 0.2) is 19.7 Å². The molecule has 3 rings (SSSR count). The van der Waals surface area contributed by atoms with Crippen molar-refractivity contribution in [2.45, 2.75) is 55.2 Å². The number of rotatable bonds is 3. The second-order valence-corrected chi connectivity index (χ2v) is 12.6. The Morgan fingerprint density at radius 3 is 2.08 bits per heavy atom. The molecule has 0 bridgehead atoms. The molecule has 2 aliphatic rings. The van der Waals surface area contributed by atoms with Crippen molar-refractivity contribution in [3.8, 4) is 0 Å². The molecule has 25 heavy (non-hydrogen) atoms. The van der Waals surface area contributed by atoms with E-state index < -0.39 is 31.0 Å². The van der Waals surface area contributed by atoms with Crippen molar-refractivity contribution in [2.24, 2.45) is 0 Å². The van der Waals surface area contributed by atoms with Gasteiger partial charge in [0.2, 0.25) is 0 Å². The lowest BCUT2D eigenvalue weighted by molar-refractivity contribution is 0.264. The first-order valence-corrected chi connectivity index (χ1v) is 12.2. The second-order valence-electron chi connectivity index (χ2n) is 8.25. The maximum Gasteiger partial charge on any atom is 0.183 e. The van der Waals surface area contributed by atoms with Gasteiger partial charge in [-0.3, -0.25) is 4.90 Å². The van der Waals surface area contributed by atoms with E-state index in [1.165, 1.54) is 0 Å². The third-order valence-corrected chi connectivity index (χ3v) is 9.46. The van der Waals surface area contributed by atoms with Crippen molar-refractivity contribution in [3.63, 3.8) is 0 Å². The molecular weight excluding hydrogens is 358 g/mol. The number of hydrogen-bond donors (Lipinski definition) is 0. The average molecular weight is 386 g/mol. The zero-order valence-corrected chi connectivity index (χ0v) is 16.7. The molecule has 0 N–H and O–H groups in total. The molecule has 0 spiro atoms. The van der Waals surface area contributed by atoms with Crippen LogP contribution in [0.15, 0.2) is 29.2 Å². The van der Waals surface area contributed by atoms with Gasteiger partial charge in [-0.15, -0.1) is 0 Å². The lowest BCUT2D eigenvalue weighted by Crippen LogP contribution is -2.45. The Hall–Kier alpha value is -0.920. The predicted molar refractivity (Wildman–Crippen MR) is 99.4 cm³/mol. The van der Waals surface area contributed by atoms with Crippen molar-refractivity contribution >= 4 is 19.7 Å². The predicted octanol–water partition coefficient (Wildman–Crippen LogP) is 2.02. The van der Waals surface area contributed by atoms with E-state index in [1.807, 2.05) is 12.1 Å². The van der Waals surface area contributed by atoms with E-state index in [2.05, 4.69) is 25.7 Å². The minimum Gasteiger partial charge on any atom is -0.298 e. The second kappa shape index (κ2) is 6.35. The molecule has 0 saturated carbocycles. The Balaban J connectivity index is 1.94. The molecule has 140 valence electrons. The standard InChI is InChI=1S/C18H27NO4S2/c1-18(2,3)14-6-8-15(9-7-14)25(22,23)17-13-24(20,21)12-16(17)19-10-4-5-11-19/h6-9,16-17H,4-5,10-13H2,1-3H3/t16-,17-/m0/s1. The van der Waals surface area contributed by atoms with Crippen LogP contribution in [-0.4, -0.2) is 57.6 Å². The highest BCUT2D eigenvalue weighted by Gasteiger charge is 2.48. The fourth-order valence-corrected chi connectivity index (χ4v) is 8.66. The van der Waals surface area contributed by atoms with Crippen molar-refractivity contribution in [1.29, 1.82) is 0 Å². The molecule has 1 aromatic rings. The van der Waals surface area contributed by atoms with Crippen LogP contribution in [0.2, 0.25) is 0 Å². The molecular formula is C18H27NO4S2. The van der Waals surface area contributed by atoms with E-state index in [-0.39, 0.29) is 21.8 Å². The summed E-state index contributed by atoms with van der Waals surface area (Å²) in [5, 5.41) is -0.865. The highest BCUT2D eigenvalue weighted by molar-refractivity contribution is 7.96. The molecule has 2 heterocycles. The van der Waals surface area contributed by atoms with E-state index >= 15 is 0 Å². The Labute approximate surface area is 151 Å². The molecule has 5 nitrogen and oxygen atoms in total. The maximum atomic E-state index is 13.2. The Bertz CT molecular complexity index is 830. The Kier molecular flexibility index (Phi) is 4.79. The zero-order valence-electron chi connectivity index (χ0n) is 15.1. The molecule has 7 heteroatoms. The molecule has 1 aromatic carbocycles. The summed E-state index contributed by atoms with van der Waals surface area (Å²) in [6.07, 6.45) is 2.01. The van der Waals surface area contributed by atoms with Crippen molar-refractivity contribution in [1.82, 2.24) is 4.90 Å². The van der Waals surface area contributed by atoms with E-state index in [4.69, 9.17) is 0 Å². The van der Waals surface area contributed by atoms with Gasteiger partial charge < -0.3 is 0 Å². The van der Waals surface area contributed by atoms with Gasteiger partial charge in [0.1, 0.15) is 0 Å². The molecule has 2 aliphatic heterocycles. The monoisotopic (exact) mass is 385 g/mol. The lowest BCUT2D eigenvalue weighted by Gasteiger charge is -2.27. The fraction of sp³-hybridized carbons (Fsp3) is 0.667. The molecule has 0 amide bonds. The largest absolute Gasteiger partial charge is 0.298 e. The van der Waals surface area contributed by atoms with Crippen molar-refractivity contribution in [3.05, 3.63) is 29.8 Å². The highest BCUT2D eigenvalue weighted by Crippen LogP contribution is 2.32. The number of nitrogens with zero attached hydrogens (tertiary/aromatic N) is 1. The van der Waals surface area contributed by atoms with Crippen LogP contribution in [0.5, 0.6) is 0 Å². The summed E-state index contributed by atoms with van der Waals surface area (Å²) in [6.45, 7) is 7.79. The van der Waals surface area contributed by atoms with Gasteiger partial charge in [-0.2, -0.15) is 0 Å². The average Bonchev–Trinajstić information content (AvgIpc) is 3.13. The van der Waals surface area contributed by atoms with Crippen molar-refractivity contribution < 1.29 is 16.8 Å². The summed E-state index contributed by atoms with van der Waals surface area (Å²) in [4.78, 5) is 2.28. The van der Waals surface area contributed by atoms with Crippen LogP contribution < -0.4 is 0 Å². The van der Waals surface area contributed by atoms with Crippen molar-refractivity contribution in [2.75, 3.05) is 24.6 Å². The van der Waals surface area contributed by atoms with Gasteiger partial charge in [-0.25, -0.2) is 16.8 Å². The molecule has 2 atom stereocenters. The third-order valence-electron chi connectivity index (χ3n) is 5.33. The summed E-state index contributed by atoms with van der Waals surface area (Å²) in [6, 6.07) is 6.51. The minimum absolute atomic E-state index is 0.0447.